The van der Waals surface area contributed by atoms with Gasteiger partial charge in [-0.05, 0) is 18.2 Å². The molecule has 22 heavy (non-hydrogen) atoms. The maximum Gasteiger partial charge on any atom is 0.216 e. The molecule has 7 heteroatoms. The van der Waals surface area contributed by atoms with Crippen LogP contribution in [0.15, 0.2) is 49.2 Å². The van der Waals surface area contributed by atoms with Gasteiger partial charge < -0.3 is 0 Å². The van der Waals surface area contributed by atoms with Crippen LogP contribution in [-0.4, -0.2) is 25.5 Å². The molecule has 0 unspecified atom stereocenters. The Hall–Kier alpha value is -2.60. The highest BCUT2D eigenvalue weighted by molar-refractivity contribution is 6.30. The van der Waals surface area contributed by atoms with Gasteiger partial charge in [0.05, 0.1) is 12.1 Å². The molecule has 0 aliphatic rings. The fourth-order valence-corrected chi connectivity index (χ4v) is 2.12. The first-order chi connectivity index (χ1) is 10.6. The second-order valence-electron chi connectivity index (χ2n) is 4.59. The molecule has 0 saturated heterocycles. The van der Waals surface area contributed by atoms with Crippen LogP contribution in [0.1, 0.15) is 21.6 Å². The molecule has 0 radical (unpaired) electrons. The molecule has 5 nitrogen and oxygen atoms in total. The molecule has 3 rings (SSSR count). The van der Waals surface area contributed by atoms with E-state index in [0.717, 1.165) is 0 Å². The molecule has 0 aliphatic heterocycles. The first-order valence-electron chi connectivity index (χ1n) is 6.40. The minimum Gasteiger partial charge on any atom is -0.287 e. The normalized spacial score (nSPS) is 10.6. The predicted molar refractivity (Wildman–Crippen MR) is 78.2 cm³/mol. The van der Waals surface area contributed by atoms with Crippen LogP contribution in [0.4, 0.5) is 4.39 Å². The van der Waals surface area contributed by atoms with Crippen LogP contribution in [-0.2, 0) is 6.54 Å². The number of carbonyl (C=O) groups is 1. The van der Waals surface area contributed by atoms with Gasteiger partial charge in [-0.15, -0.1) is 0 Å². The smallest absolute Gasteiger partial charge is 0.216 e. The number of rotatable bonds is 4. The van der Waals surface area contributed by atoms with E-state index in [0.29, 0.717) is 16.1 Å². The lowest BCUT2D eigenvalue weighted by Crippen LogP contribution is -2.07. The van der Waals surface area contributed by atoms with Crippen LogP contribution in [0.25, 0.3) is 0 Å². The molecular formula is C15H10ClFN4O. The molecule has 0 aliphatic carbocycles. The SMILES string of the molecule is O=C(c1cncnc1)c1ccn(Cc2ccc(Cl)cc2F)n1. The summed E-state index contributed by atoms with van der Waals surface area (Å²) in [7, 11) is 0. The van der Waals surface area contributed by atoms with E-state index in [-0.39, 0.29) is 18.0 Å². The summed E-state index contributed by atoms with van der Waals surface area (Å²) in [4.78, 5) is 19.8. The number of hydrogen-bond donors (Lipinski definition) is 0. The maximum atomic E-state index is 13.8. The lowest BCUT2D eigenvalue weighted by Gasteiger charge is -2.04. The predicted octanol–water partition coefficient (Wildman–Crippen LogP) is 2.74. The summed E-state index contributed by atoms with van der Waals surface area (Å²) in [5.41, 5.74) is 1.05. The Labute approximate surface area is 130 Å². The van der Waals surface area contributed by atoms with E-state index in [9.17, 15) is 9.18 Å². The van der Waals surface area contributed by atoms with Crippen LogP contribution in [0.3, 0.4) is 0 Å². The first kappa shape index (κ1) is 14.3. The molecule has 2 heterocycles. The molecule has 110 valence electrons. The maximum absolute atomic E-state index is 13.8. The van der Waals surface area contributed by atoms with Crippen LogP contribution >= 0.6 is 11.6 Å². The van der Waals surface area contributed by atoms with Gasteiger partial charge in [0.1, 0.15) is 17.8 Å². The summed E-state index contributed by atoms with van der Waals surface area (Å²) in [6.07, 6.45) is 5.81. The fraction of sp³-hybridized carbons (Fsp3) is 0.0667. The van der Waals surface area contributed by atoms with Crippen molar-refractivity contribution in [2.45, 2.75) is 6.54 Å². The van der Waals surface area contributed by atoms with E-state index < -0.39 is 5.82 Å². The van der Waals surface area contributed by atoms with Gasteiger partial charge in [-0.1, -0.05) is 17.7 Å². The summed E-state index contributed by atoms with van der Waals surface area (Å²) in [5.74, 6) is -0.691. The number of aromatic nitrogens is 4. The van der Waals surface area contributed by atoms with E-state index in [1.807, 2.05) is 0 Å². The summed E-state index contributed by atoms with van der Waals surface area (Å²) in [5, 5.41) is 4.49. The Bertz CT molecular complexity index is 819. The molecule has 0 bridgehead atoms. The average Bonchev–Trinajstić information content (AvgIpc) is 2.99. The van der Waals surface area contributed by atoms with Gasteiger partial charge in [0.2, 0.25) is 5.78 Å². The highest BCUT2D eigenvalue weighted by Gasteiger charge is 2.13. The molecule has 0 spiro atoms. The van der Waals surface area contributed by atoms with E-state index in [1.54, 1.807) is 24.4 Å². The van der Waals surface area contributed by atoms with Gasteiger partial charge in [-0.3, -0.25) is 9.48 Å². The average molecular weight is 317 g/mol. The highest BCUT2D eigenvalue weighted by Crippen LogP contribution is 2.16. The van der Waals surface area contributed by atoms with Crippen molar-refractivity contribution in [1.29, 1.82) is 0 Å². The standard InChI is InChI=1S/C15H10ClFN4O/c16-12-2-1-10(13(17)5-12)8-21-4-3-14(20-21)15(22)11-6-18-9-19-7-11/h1-7,9H,8H2. The Morgan fingerprint density at radius 2 is 2.00 bits per heavy atom. The monoisotopic (exact) mass is 316 g/mol. The molecule has 0 saturated carbocycles. The lowest BCUT2D eigenvalue weighted by molar-refractivity contribution is 0.103. The van der Waals surface area contributed by atoms with E-state index in [1.165, 1.54) is 29.5 Å². The van der Waals surface area contributed by atoms with E-state index in [4.69, 9.17) is 11.6 Å². The quantitative estimate of drug-likeness (QED) is 0.694. The number of carbonyl (C=O) groups excluding carboxylic acids is 1. The van der Waals surface area contributed by atoms with Crippen molar-refractivity contribution >= 4 is 17.4 Å². The van der Waals surface area contributed by atoms with Crippen LogP contribution in [0, 0.1) is 5.82 Å². The van der Waals surface area contributed by atoms with Crippen LogP contribution in [0.5, 0.6) is 0 Å². The second-order valence-corrected chi connectivity index (χ2v) is 5.03. The summed E-state index contributed by atoms with van der Waals surface area (Å²) >= 11 is 5.71. The second kappa shape index (κ2) is 6.03. The molecular weight excluding hydrogens is 307 g/mol. The van der Waals surface area contributed by atoms with Gasteiger partial charge in [0.25, 0.3) is 0 Å². The Morgan fingerprint density at radius 1 is 1.23 bits per heavy atom. The molecule has 0 amide bonds. The Morgan fingerprint density at radius 3 is 2.73 bits per heavy atom. The van der Waals surface area contributed by atoms with Crippen molar-refractivity contribution in [2.24, 2.45) is 0 Å². The summed E-state index contributed by atoms with van der Waals surface area (Å²) in [6, 6.07) is 6.01. The minimum atomic E-state index is -0.410. The van der Waals surface area contributed by atoms with Crippen molar-refractivity contribution < 1.29 is 9.18 Å². The zero-order valence-electron chi connectivity index (χ0n) is 11.3. The van der Waals surface area contributed by atoms with Crippen molar-refractivity contribution in [1.82, 2.24) is 19.7 Å². The number of nitrogens with zero attached hydrogens (tertiary/aromatic N) is 4. The zero-order chi connectivity index (χ0) is 15.5. The first-order valence-corrected chi connectivity index (χ1v) is 6.78. The highest BCUT2D eigenvalue weighted by atomic mass is 35.5. The van der Waals surface area contributed by atoms with Crippen molar-refractivity contribution in [3.8, 4) is 0 Å². The topological polar surface area (TPSA) is 60.7 Å². The summed E-state index contributed by atoms with van der Waals surface area (Å²) < 4.78 is 15.2. The molecule has 0 fully saturated rings. The Kier molecular flexibility index (Phi) is 3.93. The van der Waals surface area contributed by atoms with Crippen molar-refractivity contribution in [3.63, 3.8) is 0 Å². The molecule has 1 aromatic carbocycles. The van der Waals surface area contributed by atoms with Crippen molar-refractivity contribution in [2.75, 3.05) is 0 Å². The van der Waals surface area contributed by atoms with E-state index >= 15 is 0 Å². The zero-order valence-corrected chi connectivity index (χ0v) is 12.0. The van der Waals surface area contributed by atoms with Gasteiger partial charge in [0, 0.05) is 29.2 Å². The third-order valence-corrected chi connectivity index (χ3v) is 3.28. The number of hydrogen-bond acceptors (Lipinski definition) is 4. The van der Waals surface area contributed by atoms with Gasteiger partial charge in [0.15, 0.2) is 0 Å². The van der Waals surface area contributed by atoms with Gasteiger partial charge >= 0.3 is 0 Å². The molecule has 3 aromatic rings. The van der Waals surface area contributed by atoms with Gasteiger partial charge in [-0.2, -0.15) is 5.10 Å². The molecule has 2 aromatic heterocycles. The number of halogens is 2. The van der Waals surface area contributed by atoms with Crippen LogP contribution < -0.4 is 0 Å². The minimum absolute atomic E-state index is 0.210. The summed E-state index contributed by atoms with van der Waals surface area (Å²) in [6.45, 7) is 0.210. The van der Waals surface area contributed by atoms with Crippen molar-refractivity contribution in [3.05, 3.63) is 76.8 Å². The van der Waals surface area contributed by atoms with E-state index in [2.05, 4.69) is 15.1 Å². The lowest BCUT2D eigenvalue weighted by atomic mass is 10.2. The van der Waals surface area contributed by atoms with Crippen LogP contribution in [0.2, 0.25) is 5.02 Å². The largest absolute Gasteiger partial charge is 0.287 e. The van der Waals surface area contributed by atoms with Gasteiger partial charge in [-0.25, -0.2) is 14.4 Å². The number of benzene rings is 1. The third-order valence-electron chi connectivity index (χ3n) is 3.04. The molecule has 0 N–H and O–H groups in total. The number of ketones is 1. The fourth-order valence-electron chi connectivity index (χ4n) is 1.96. The third kappa shape index (κ3) is 3.01. The Balaban J connectivity index is 1.81. The molecule has 0 atom stereocenters.